The van der Waals surface area contributed by atoms with Crippen LogP contribution in [0.1, 0.15) is 154 Å². The fourth-order valence-electron chi connectivity index (χ4n) is 9.82. The van der Waals surface area contributed by atoms with Crippen LogP contribution in [0.25, 0.3) is 0 Å². The predicted octanol–water partition coefficient (Wildman–Crippen LogP) is 9.53. The second-order valence-electron chi connectivity index (χ2n) is 20.3. The van der Waals surface area contributed by atoms with Crippen LogP contribution in [0.3, 0.4) is 0 Å². The van der Waals surface area contributed by atoms with Gasteiger partial charge in [0.1, 0.15) is 30.5 Å². The highest BCUT2D eigenvalue weighted by molar-refractivity contribution is 5.78. The van der Waals surface area contributed by atoms with Crippen molar-refractivity contribution in [2.45, 2.75) is 218 Å². The molecule has 2 heterocycles. The minimum absolute atomic E-state index is 0.0494. The Hall–Kier alpha value is -5.27. The Morgan fingerprint density at radius 1 is 0.500 bits per heavy atom. The summed E-state index contributed by atoms with van der Waals surface area (Å²) in [5, 5.41) is 5.71. The molecule has 0 radical (unpaired) electrons. The summed E-state index contributed by atoms with van der Waals surface area (Å²) in [6.45, 7) is 6.09. The number of carbonyl (C=O) groups excluding carboxylic acids is 5. The Labute approximate surface area is 462 Å². The number of hydrogen-bond acceptors (Lipinski definition) is 15. The summed E-state index contributed by atoms with van der Waals surface area (Å²) in [5.41, 5.74) is 2.63. The fraction of sp³-hybridized carbons (Fsp3) is 0.623. The van der Waals surface area contributed by atoms with Gasteiger partial charge in [-0.1, -0.05) is 194 Å². The van der Waals surface area contributed by atoms with Gasteiger partial charge in [0, 0.05) is 33.7 Å². The van der Waals surface area contributed by atoms with Gasteiger partial charge in [-0.2, -0.15) is 0 Å². The standard InChI is InChI=1S/C61H88N2O15/c1-6-7-8-9-10-11-12-13-14-15-16-17-18-19-20-30-37-51(67)62-38-39-70-61-58(73-42-49-35-28-23-29-36-49)55(72-41-48-33-26-22-27-34-48)53(71-40-47-31-24-21-25-32-47)50(77-61)43-74-60-52(63-44(2)64)54(75-45(3)65)56(76-46(4)66)57(78-60)59(68)69-5/h21-29,31-36,50,52-58,60-61H,6-20,30,37-43H2,1-5H3,(H,62,67)(H,63,64)/t50-,52+,53-,54-,55+,56+,57+,58-,60-,61+/m1/s1. The Kier molecular flexibility index (Phi) is 30.0. The van der Waals surface area contributed by atoms with Crippen LogP contribution in [0.15, 0.2) is 91.0 Å². The summed E-state index contributed by atoms with van der Waals surface area (Å²) in [4.78, 5) is 64.2. The van der Waals surface area contributed by atoms with Gasteiger partial charge in [-0.05, 0) is 23.1 Å². The highest BCUT2D eigenvalue weighted by atomic mass is 16.7. The average molecular weight is 1090 g/mol. The zero-order valence-corrected chi connectivity index (χ0v) is 46.8. The molecule has 2 saturated heterocycles. The molecule has 2 N–H and O–H groups in total. The Morgan fingerprint density at radius 2 is 0.962 bits per heavy atom. The molecule has 432 valence electrons. The van der Waals surface area contributed by atoms with E-state index in [4.69, 9.17) is 47.4 Å². The van der Waals surface area contributed by atoms with Crippen molar-refractivity contribution in [2.24, 2.45) is 0 Å². The van der Waals surface area contributed by atoms with Crippen LogP contribution in [0.5, 0.6) is 0 Å². The van der Waals surface area contributed by atoms with Gasteiger partial charge in [0.2, 0.25) is 11.8 Å². The molecule has 0 aliphatic carbocycles. The maximum atomic E-state index is 13.3. The van der Waals surface area contributed by atoms with E-state index in [0.29, 0.717) is 6.42 Å². The first-order valence-corrected chi connectivity index (χ1v) is 28.4. The van der Waals surface area contributed by atoms with Crippen molar-refractivity contribution < 1.29 is 71.3 Å². The third-order valence-corrected chi connectivity index (χ3v) is 13.8. The lowest BCUT2D eigenvalue weighted by Crippen LogP contribution is -2.68. The average Bonchev–Trinajstić information content (AvgIpc) is 3.58. The molecule has 17 nitrogen and oxygen atoms in total. The lowest BCUT2D eigenvalue weighted by molar-refractivity contribution is -0.337. The van der Waals surface area contributed by atoms with Crippen molar-refractivity contribution in [3.8, 4) is 0 Å². The van der Waals surface area contributed by atoms with Crippen LogP contribution in [0.4, 0.5) is 0 Å². The topological polar surface area (TPSA) is 202 Å². The number of rotatable bonds is 37. The highest BCUT2D eigenvalue weighted by Gasteiger charge is 2.55. The second-order valence-corrected chi connectivity index (χ2v) is 20.3. The van der Waals surface area contributed by atoms with E-state index in [9.17, 15) is 24.0 Å². The summed E-state index contributed by atoms with van der Waals surface area (Å²) in [6, 6.07) is 27.5. The van der Waals surface area contributed by atoms with Gasteiger partial charge < -0.3 is 58.0 Å². The molecule has 2 fully saturated rings. The summed E-state index contributed by atoms with van der Waals surface area (Å²) in [7, 11) is 1.12. The lowest BCUT2D eigenvalue weighted by atomic mass is 9.95. The summed E-state index contributed by atoms with van der Waals surface area (Å²) < 4.78 is 62.6. The third kappa shape index (κ3) is 23.2. The van der Waals surface area contributed by atoms with E-state index in [1.54, 1.807) is 0 Å². The molecular weight excluding hydrogens is 1000 g/mol. The maximum absolute atomic E-state index is 13.3. The molecule has 78 heavy (non-hydrogen) atoms. The molecule has 0 unspecified atom stereocenters. The smallest absolute Gasteiger partial charge is 0.339 e. The molecule has 10 atom stereocenters. The molecule has 0 bridgehead atoms. The number of ether oxygens (including phenoxy) is 10. The third-order valence-electron chi connectivity index (χ3n) is 13.8. The number of benzene rings is 3. The Bertz CT molecular complexity index is 2150. The molecule has 0 aromatic heterocycles. The second kappa shape index (κ2) is 36.8. The molecule has 2 amide bonds. The van der Waals surface area contributed by atoms with Gasteiger partial charge in [0.25, 0.3) is 0 Å². The van der Waals surface area contributed by atoms with Gasteiger partial charge in [0.05, 0.1) is 40.1 Å². The van der Waals surface area contributed by atoms with Gasteiger partial charge in [-0.25, -0.2) is 4.79 Å². The first kappa shape index (κ1) is 63.6. The van der Waals surface area contributed by atoms with Crippen molar-refractivity contribution in [1.82, 2.24) is 10.6 Å². The van der Waals surface area contributed by atoms with Gasteiger partial charge in [-0.15, -0.1) is 0 Å². The number of unbranched alkanes of at least 4 members (excludes halogenated alkanes) is 15. The summed E-state index contributed by atoms with van der Waals surface area (Å²) in [5.74, 6) is -3.19. The fourth-order valence-corrected chi connectivity index (χ4v) is 9.82. The van der Waals surface area contributed by atoms with Crippen molar-refractivity contribution in [1.29, 1.82) is 0 Å². The van der Waals surface area contributed by atoms with Crippen molar-refractivity contribution >= 4 is 29.7 Å². The minimum Gasteiger partial charge on any atom is -0.467 e. The van der Waals surface area contributed by atoms with E-state index in [-0.39, 0.29) is 45.5 Å². The lowest BCUT2D eigenvalue weighted by Gasteiger charge is -2.47. The van der Waals surface area contributed by atoms with Crippen molar-refractivity contribution in [3.63, 3.8) is 0 Å². The molecule has 3 aromatic rings. The van der Waals surface area contributed by atoms with E-state index in [0.717, 1.165) is 56.9 Å². The minimum atomic E-state index is -1.65. The maximum Gasteiger partial charge on any atom is 0.339 e. The normalized spacial score (nSPS) is 23.0. The van der Waals surface area contributed by atoms with Crippen LogP contribution in [-0.2, 0) is 91.2 Å². The van der Waals surface area contributed by atoms with Crippen molar-refractivity contribution in [2.75, 3.05) is 26.9 Å². The van der Waals surface area contributed by atoms with Crippen LogP contribution in [-0.4, -0.2) is 118 Å². The molecule has 0 spiro atoms. The first-order chi connectivity index (χ1) is 38.0. The summed E-state index contributed by atoms with van der Waals surface area (Å²) >= 11 is 0. The quantitative estimate of drug-likeness (QED) is 0.0314. The van der Waals surface area contributed by atoms with E-state index in [1.165, 1.54) is 90.4 Å². The SMILES string of the molecule is CCCCCCCCCCCCCCCCCCC(=O)NCCO[C@H]1O[C@H](CO[C@@H]2O[C@H](C(=O)OC)[C@@H](OC(C)=O)[C@H](OC(C)=O)[C@@H]2NC(C)=O)[C@@H](OCc2ccccc2)[C@H](OCc2ccccc2)[C@H]1OCc1ccccc1. The molecule has 3 aromatic carbocycles. The predicted molar refractivity (Wildman–Crippen MR) is 292 cm³/mol. The molecule has 2 aliphatic rings. The van der Waals surface area contributed by atoms with E-state index in [1.807, 2.05) is 91.0 Å². The van der Waals surface area contributed by atoms with Crippen LogP contribution in [0, 0.1) is 0 Å². The number of nitrogens with one attached hydrogen (secondary N) is 2. The largest absolute Gasteiger partial charge is 0.467 e. The van der Waals surface area contributed by atoms with Crippen LogP contribution in [0.2, 0.25) is 0 Å². The van der Waals surface area contributed by atoms with E-state index < -0.39 is 85.2 Å². The first-order valence-electron chi connectivity index (χ1n) is 28.4. The molecule has 17 heteroatoms. The molecule has 2 aliphatic heterocycles. The van der Waals surface area contributed by atoms with E-state index in [2.05, 4.69) is 17.6 Å². The molecular formula is C61H88N2O15. The number of hydrogen-bond donors (Lipinski definition) is 2. The van der Waals surface area contributed by atoms with Crippen LogP contribution >= 0.6 is 0 Å². The zero-order valence-electron chi connectivity index (χ0n) is 46.8. The van der Waals surface area contributed by atoms with Crippen LogP contribution < -0.4 is 10.6 Å². The Balaban J connectivity index is 1.31. The number of methoxy groups -OCH3 is 1. The Morgan fingerprint density at radius 3 is 1.44 bits per heavy atom. The van der Waals surface area contributed by atoms with Gasteiger partial charge in [0.15, 0.2) is 30.9 Å². The monoisotopic (exact) mass is 1090 g/mol. The number of amides is 2. The summed E-state index contributed by atoms with van der Waals surface area (Å²) in [6.07, 6.45) is 9.46. The zero-order chi connectivity index (χ0) is 55.7. The highest BCUT2D eigenvalue weighted by Crippen LogP contribution is 2.34. The number of carbonyl (C=O) groups is 5. The molecule has 5 rings (SSSR count). The number of esters is 3. The van der Waals surface area contributed by atoms with Crippen molar-refractivity contribution in [3.05, 3.63) is 108 Å². The molecule has 0 saturated carbocycles. The van der Waals surface area contributed by atoms with Gasteiger partial charge in [-0.3, -0.25) is 19.2 Å². The van der Waals surface area contributed by atoms with Gasteiger partial charge >= 0.3 is 17.9 Å². The van der Waals surface area contributed by atoms with E-state index >= 15 is 0 Å².